The number of fused-ring (bicyclic) bond motifs is 4. The highest BCUT2D eigenvalue weighted by molar-refractivity contribution is 5.94. The van der Waals surface area contributed by atoms with Crippen molar-refractivity contribution in [1.29, 1.82) is 0 Å². The van der Waals surface area contributed by atoms with E-state index in [1.54, 1.807) is 12.1 Å². The lowest BCUT2D eigenvalue weighted by molar-refractivity contribution is -0.0519. The van der Waals surface area contributed by atoms with Crippen molar-refractivity contribution < 1.29 is 9.18 Å². The van der Waals surface area contributed by atoms with Gasteiger partial charge in [-0.2, -0.15) is 0 Å². The molecule has 176 valence electrons. The fraction of sp³-hybridized carbons (Fsp3) is 0.708. The molecule has 3 aliphatic heterocycles. The van der Waals surface area contributed by atoms with Crippen molar-refractivity contribution in [2.45, 2.75) is 70.4 Å². The molecule has 3 saturated heterocycles. The third-order valence-electron chi connectivity index (χ3n) is 7.35. The first-order valence-corrected chi connectivity index (χ1v) is 11.6. The third-order valence-corrected chi connectivity index (χ3v) is 7.35. The SMILES string of the molecule is CCC[C@H]1CCC[C@H]2[C@@H]3C[C@@H](CN(C(=O)c4cc(CCCN)ccc4F)C3)CN12.Cl.Cl. The molecule has 0 unspecified atom stereocenters. The van der Waals surface area contributed by atoms with Crippen LogP contribution in [0.1, 0.15) is 67.8 Å². The van der Waals surface area contributed by atoms with E-state index in [-0.39, 0.29) is 36.3 Å². The van der Waals surface area contributed by atoms with Gasteiger partial charge >= 0.3 is 0 Å². The van der Waals surface area contributed by atoms with E-state index < -0.39 is 5.82 Å². The lowest BCUT2D eigenvalue weighted by Crippen LogP contribution is -2.62. The normalized spacial score (nSPS) is 27.6. The first-order chi connectivity index (χ1) is 14.1. The summed E-state index contributed by atoms with van der Waals surface area (Å²) in [5, 5.41) is 0. The number of amides is 1. The molecule has 3 heterocycles. The molecule has 0 radical (unpaired) electrons. The maximum absolute atomic E-state index is 14.5. The van der Waals surface area contributed by atoms with Crippen LogP contribution >= 0.6 is 24.8 Å². The molecule has 1 aromatic rings. The molecule has 7 heteroatoms. The molecule has 2 bridgehead atoms. The van der Waals surface area contributed by atoms with Crippen LogP contribution in [0.2, 0.25) is 0 Å². The van der Waals surface area contributed by atoms with Gasteiger partial charge in [-0.3, -0.25) is 9.69 Å². The summed E-state index contributed by atoms with van der Waals surface area (Å²) in [6.07, 6.45) is 9.28. The van der Waals surface area contributed by atoms with E-state index in [1.807, 2.05) is 4.90 Å². The van der Waals surface area contributed by atoms with Gasteiger partial charge in [-0.25, -0.2) is 4.39 Å². The Morgan fingerprint density at radius 1 is 1.19 bits per heavy atom. The lowest BCUT2D eigenvalue weighted by atomic mass is 9.74. The zero-order valence-electron chi connectivity index (χ0n) is 18.6. The van der Waals surface area contributed by atoms with Crippen LogP contribution < -0.4 is 5.73 Å². The minimum Gasteiger partial charge on any atom is -0.338 e. The van der Waals surface area contributed by atoms with E-state index in [0.717, 1.165) is 44.1 Å². The van der Waals surface area contributed by atoms with E-state index in [4.69, 9.17) is 5.73 Å². The Labute approximate surface area is 198 Å². The molecule has 0 aliphatic carbocycles. The largest absolute Gasteiger partial charge is 0.338 e. The number of carbonyl (C=O) groups excluding carboxylic acids is 1. The van der Waals surface area contributed by atoms with Crippen molar-refractivity contribution in [2.24, 2.45) is 17.6 Å². The molecule has 3 fully saturated rings. The van der Waals surface area contributed by atoms with Gasteiger partial charge in [0.25, 0.3) is 5.91 Å². The Morgan fingerprint density at radius 2 is 2.00 bits per heavy atom. The molecule has 3 aliphatic rings. The number of likely N-dealkylation sites (tertiary alicyclic amines) is 1. The van der Waals surface area contributed by atoms with Gasteiger partial charge in [0, 0.05) is 31.7 Å². The number of piperidine rings is 3. The van der Waals surface area contributed by atoms with Gasteiger partial charge in [0.1, 0.15) is 5.82 Å². The molecule has 2 N–H and O–H groups in total. The van der Waals surface area contributed by atoms with Gasteiger partial charge in [0.15, 0.2) is 0 Å². The Kier molecular flexibility index (Phi) is 10.1. The van der Waals surface area contributed by atoms with Crippen molar-refractivity contribution in [3.63, 3.8) is 0 Å². The predicted octanol–water partition coefficient (Wildman–Crippen LogP) is 4.68. The third kappa shape index (κ3) is 5.73. The average Bonchev–Trinajstić information content (AvgIpc) is 2.73. The van der Waals surface area contributed by atoms with Crippen LogP contribution in [0.4, 0.5) is 4.39 Å². The minimum absolute atomic E-state index is 0. The van der Waals surface area contributed by atoms with Gasteiger partial charge in [0.2, 0.25) is 0 Å². The molecule has 0 saturated carbocycles. The number of aryl methyl sites for hydroxylation is 1. The highest BCUT2D eigenvalue weighted by atomic mass is 35.5. The molecule has 31 heavy (non-hydrogen) atoms. The van der Waals surface area contributed by atoms with Gasteiger partial charge in [-0.05, 0) is 74.6 Å². The van der Waals surface area contributed by atoms with Crippen molar-refractivity contribution in [3.05, 3.63) is 35.1 Å². The second kappa shape index (κ2) is 11.8. The maximum atomic E-state index is 14.5. The Morgan fingerprint density at radius 3 is 2.74 bits per heavy atom. The number of carbonyl (C=O) groups is 1. The average molecular weight is 474 g/mol. The molecule has 0 spiro atoms. The molecule has 0 aromatic heterocycles. The predicted molar refractivity (Wildman–Crippen MR) is 129 cm³/mol. The lowest BCUT2D eigenvalue weighted by Gasteiger charge is -2.55. The molecule has 1 amide bonds. The number of nitrogens with two attached hydrogens (primary N) is 1. The summed E-state index contributed by atoms with van der Waals surface area (Å²) in [6, 6.07) is 6.31. The van der Waals surface area contributed by atoms with Gasteiger partial charge in [0.05, 0.1) is 5.56 Å². The molecular formula is C24H38Cl2FN3O. The van der Waals surface area contributed by atoms with Gasteiger partial charge < -0.3 is 10.6 Å². The second-order valence-corrected chi connectivity index (χ2v) is 9.42. The number of rotatable bonds is 6. The fourth-order valence-corrected chi connectivity index (χ4v) is 6.09. The standard InChI is InChI=1S/C24H36FN3O.2ClH/c1-2-5-20-7-3-8-23-19-12-18(15-28(20)23)14-27(16-19)24(29)21-13-17(6-4-11-26)9-10-22(21)25;;/h9-10,13,18-20,23H,2-8,11-12,14-16,26H2,1H3;2*1H/t18-,19+,20-,23-;;/m0../s1. The van der Waals surface area contributed by atoms with Crippen LogP contribution in [0.5, 0.6) is 0 Å². The van der Waals surface area contributed by atoms with Crippen LogP contribution in [-0.2, 0) is 6.42 Å². The van der Waals surface area contributed by atoms with Crippen LogP contribution in [0.15, 0.2) is 18.2 Å². The number of halogens is 3. The zero-order valence-corrected chi connectivity index (χ0v) is 20.2. The summed E-state index contributed by atoms with van der Waals surface area (Å²) < 4.78 is 14.5. The number of benzene rings is 1. The summed E-state index contributed by atoms with van der Waals surface area (Å²) >= 11 is 0. The summed E-state index contributed by atoms with van der Waals surface area (Å²) in [5.41, 5.74) is 6.84. The maximum Gasteiger partial charge on any atom is 0.256 e. The Balaban J connectivity index is 0.00000171. The van der Waals surface area contributed by atoms with E-state index in [2.05, 4.69) is 11.8 Å². The topological polar surface area (TPSA) is 49.6 Å². The Hall–Kier alpha value is -0.880. The van der Waals surface area contributed by atoms with Crippen molar-refractivity contribution in [2.75, 3.05) is 26.2 Å². The fourth-order valence-electron chi connectivity index (χ4n) is 6.09. The first kappa shape index (κ1) is 26.4. The highest BCUT2D eigenvalue weighted by Gasteiger charge is 2.45. The first-order valence-electron chi connectivity index (χ1n) is 11.6. The molecular weight excluding hydrogens is 436 g/mol. The number of hydrogen-bond acceptors (Lipinski definition) is 3. The van der Waals surface area contributed by atoms with E-state index >= 15 is 0 Å². The monoisotopic (exact) mass is 473 g/mol. The summed E-state index contributed by atoms with van der Waals surface area (Å²) in [5.74, 6) is 0.537. The van der Waals surface area contributed by atoms with Crippen LogP contribution in [-0.4, -0.2) is 54.0 Å². The van der Waals surface area contributed by atoms with E-state index in [0.29, 0.717) is 24.4 Å². The quantitative estimate of drug-likeness (QED) is 0.652. The van der Waals surface area contributed by atoms with Crippen LogP contribution in [0.25, 0.3) is 0 Å². The molecule has 4 nitrogen and oxygen atoms in total. The van der Waals surface area contributed by atoms with Crippen LogP contribution in [0, 0.1) is 17.7 Å². The molecule has 4 atom stereocenters. The van der Waals surface area contributed by atoms with Crippen LogP contribution in [0.3, 0.4) is 0 Å². The number of nitrogens with zero attached hydrogens (tertiary/aromatic N) is 2. The highest BCUT2D eigenvalue weighted by Crippen LogP contribution is 2.40. The second-order valence-electron chi connectivity index (χ2n) is 9.42. The Bertz CT molecular complexity index is 733. The van der Waals surface area contributed by atoms with Crippen molar-refractivity contribution in [3.8, 4) is 0 Å². The summed E-state index contributed by atoms with van der Waals surface area (Å²) in [7, 11) is 0. The number of hydrogen-bond donors (Lipinski definition) is 1. The summed E-state index contributed by atoms with van der Waals surface area (Å²) in [6.45, 7) is 5.54. The zero-order chi connectivity index (χ0) is 20.4. The van der Waals surface area contributed by atoms with Gasteiger partial charge in [-0.15, -0.1) is 24.8 Å². The van der Waals surface area contributed by atoms with E-state index in [9.17, 15) is 9.18 Å². The smallest absolute Gasteiger partial charge is 0.256 e. The van der Waals surface area contributed by atoms with Crippen molar-refractivity contribution in [1.82, 2.24) is 9.80 Å². The van der Waals surface area contributed by atoms with Gasteiger partial charge in [-0.1, -0.05) is 25.8 Å². The van der Waals surface area contributed by atoms with Crippen molar-refractivity contribution >= 4 is 30.7 Å². The van der Waals surface area contributed by atoms with E-state index in [1.165, 1.54) is 44.6 Å². The molecule has 4 rings (SSSR count). The summed E-state index contributed by atoms with van der Waals surface area (Å²) in [4.78, 5) is 18.0. The molecule has 1 aromatic carbocycles. The minimum atomic E-state index is -0.399.